The average molecular weight is 564 g/mol. The Kier molecular flexibility index (Phi) is 6.99. The lowest BCUT2D eigenvalue weighted by Crippen LogP contribution is -2.32. The molecule has 2 aliphatic heterocycles. The number of carbonyl (C=O) groups excluding carboxylic acids is 2. The molecule has 1 saturated heterocycles. The third kappa shape index (κ3) is 4.96. The molecule has 42 heavy (non-hydrogen) atoms. The van der Waals surface area contributed by atoms with Gasteiger partial charge in [-0.25, -0.2) is 9.78 Å². The van der Waals surface area contributed by atoms with Crippen molar-refractivity contribution in [3.8, 4) is 28.1 Å². The summed E-state index contributed by atoms with van der Waals surface area (Å²) in [5, 5.41) is 0. The van der Waals surface area contributed by atoms with E-state index in [2.05, 4.69) is 29.2 Å². The van der Waals surface area contributed by atoms with E-state index >= 15 is 0 Å². The van der Waals surface area contributed by atoms with Gasteiger partial charge in [0, 0.05) is 37.1 Å². The quantitative estimate of drug-likeness (QED) is 0.288. The summed E-state index contributed by atoms with van der Waals surface area (Å²) < 4.78 is 17.2. The number of rotatable bonds is 6. The van der Waals surface area contributed by atoms with Gasteiger partial charge in [0.1, 0.15) is 24.8 Å². The molecule has 8 heteroatoms. The van der Waals surface area contributed by atoms with Crippen LogP contribution in [0.5, 0.6) is 5.75 Å². The van der Waals surface area contributed by atoms with Gasteiger partial charge in [0.25, 0.3) is 0 Å². The molecule has 1 fully saturated rings. The van der Waals surface area contributed by atoms with Crippen LogP contribution < -0.4 is 4.74 Å². The molecule has 0 unspecified atom stereocenters. The molecule has 1 N–H and O–H groups in total. The van der Waals surface area contributed by atoms with E-state index in [1.54, 1.807) is 12.0 Å². The van der Waals surface area contributed by atoms with E-state index in [4.69, 9.17) is 19.2 Å². The maximum atomic E-state index is 13.2. The first-order valence-corrected chi connectivity index (χ1v) is 14.5. The van der Waals surface area contributed by atoms with Crippen molar-refractivity contribution in [1.29, 1.82) is 0 Å². The fourth-order valence-corrected chi connectivity index (χ4v) is 6.49. The number of benzene rings is 3. The molecule has 0 saturated carbocycles. The van der Waals surface area contributed by atoms with Crippen molar-refractivity contribution >= 4 is 11.9 Å². The van der Waals surface area contributed by atoms with Gasteiger partial charge in [-0.3, -0.25) is 9.69 Å². The molecule has 0 bridgehead atoms. The molecule has 3 heterocycles. The monoisotopic (exact) mass is 563 g/mol. The number of nitrogens with zero attached hydrogens (tertiary/aromatic N) is 2. The number of likely N-dealkylation sites (tertiary alicyclic amines) is 1. The smallest absolute Gasteiger partial charge is 0.410 e. The van der Waals surface area contributed by atoms with Crippen molar-refractivity contribution in [3.05, 3.63) is 94.9 Å². The minimum absolute atomic E-state index is 0.194. The van der Waals surface area contributed by atoms with E-state index in [9.17, 15) is 9.59 Å². The molecule has 8 nitrogen and oxygen atoms in total. The van der Waals surface area contributed by atoms with Gasteiger partial charge >= 0.3 is 6.09 Å². The number of fused-ring (bicyclic) bond motifs is 4. The number of Topliss-reactive ketones (excluding diaryl/α,β-unsaturated/α-hetero) is 1. The number of ketones is 1. The van der Waals surface area contributed by atoms with Gasteiger partial charge in [-0.2, -0.15) is 0 Å². The minimum Gasteiger partial charge on any atom is -0.488 e. The lowest BCUT2D eigenvalue weighted by atomic mass is 9.86. The van der Waals surface area contributed by atoms with Gasteiger partial charge < -0.3 is 19.2 Å². The number of ether oxygens (including phenoxy) is 3. The topological polar surface area (TPSA) is 93.8 Å². The number of carbonyl (C=O) groups is 2. The Balaban J connectivity index is 1.12. The van der Waals surface area contributed by atoms with Crippen LogP contribution >= 0.6 is 0 Å². The summed E-state index contributed by atoms with van der Waals surface area (Å²) in [6.45, 7) is 1.77. The van der Waals surface area contributed by atoms with E-state index in [1.807, 2.05) is 42.6 Å². The molecule has 3 aliphatic rings. The van der Waals surface area contributed by atoms with Crippen LogP contribution in [0.3, 0.4) is 0 Å². The number of H-pyrrole nitrogens is 1. The van der Waals surface area contributed by atoms with Crippen LogP contribution in [0.2, 0.25) is 0 Å². The lowest BCUT2D eigenvalue weighted by molar-refractivity contribution is 0.0881. The fourth-order valence-electron chi connectivity index (χ4n) is 6.49. The zero-order valence-electron chi connectivity index (χ0n) is 23.6. The second-order valence-electron chi connectivity index (χ2n) is 11.4. The van der Waals surface area contributed by atoms with Crippen LogP contribution in [0, 0.1) is 5.92 Å². The van der Waals surface area contributed by atoms with Crippen LogP contribution in [-0.2, 0) is 29.1 Å². The molecule has 2 atom stereocenters. The molecule has 0 radical (unpaired) electrons. The van der Waals surface area contributed by atoms with Crippen LogP contribution in [0.15, 0.2) is 66.9 Å². The van der Waals surface area contributed by atoms with E-state index in [0.29, 0.717) is 26.2 Å². The normalized spacial score (nSPS) is 19.1. The number of imidazole rings is 1. The standard InChI is InChI=1S/C34H33N3O5/c1-40-18-22-12-30(37(17-22)34(39)42-19-21-6-3-2-4-7-21)33-35-16-29(36-33)24-10-11-26-25(13-24)20-41-32-15-27-23(14-28(26)32)8-5-9-31(27)38/h2-4,6-7,10-11,13-16,22,30H,5,8-9,12,17-20H2,1H3,(H,35,36)/t22-,30-/m0/s1. The maximum absolute atomic E-state index is 13.2. The van der Waals surface area contributed by atoms with E-state index in [1.165, 1.54) is 0 Å². The summed E-state index contributed by atoms with van der Waals surface area (Å²) in [6, 6.07) is 19.9. The largest absolute Gasteiger partial charge is 0.488 e. The van der Waals surface area contributed by atoms with Gasteiger partial charge in [0.2, 0.25) is 0 Å². The number of aryl methyl sites for hydroxylation is 1. The first-order valence-electron chi connectivity index (χ1n) is 14.5. The first-order chi connectivity index (χ1) is 20.6. The summed E-state index contributed by atoms with van der Waals surface area (Å²) in [5.74, 6) is 1.91. The average Bonchev–Trinajstić information content (AvgIpc) is 3.68. The molecule has 1 aliphatic carbocycles. The van der Waals surface area contributed by atoms with Gasteiger partial charge in [0.05, 0.1) is 24.5 Å². The Morgan fingerprint density at radius 2 is 1.93 bits per heavy atom. The Morgan fingerprint density at radius 1 is 1.05 bits per heavy atom. The third-order valence-electron chi connectivity index (χ3n) is 8.59. The molecule has 1 amide bonds. The molecule has 3 aromatic carbocycles. The van der Waals surface area contributed by atoms with Gasteiger partial charge in [-0.05, 0) is 65.3 Å². The zero-order chi connectivity index (χ0) is 28.6. The predicted molar refractivity (Wildman–Crippen MR) is 157 cm³/mol. The summed E-state index contributed by atoms with van der Waals surface area (Å²) in [5.41, 5.74) is 8.00. The highest BCUT2D eigenvalue weighted by atomic mass is 16.6. The molecule has 7 rings (SSSR count). The van der Waals surface area contributed by atoms with Crippen molar-refractivity contribution < 1.29 is 23.8 Å². The highest BCUT2D eigenvalue weighted by Crippen LogP contribution is 2.42. The minimum atomic E-state index is -0.353. The maximum Gasteiger partial charge on any atom is 0.410 e. The van der Waals surface area contributed by atoms with Crippen molar-refractivity contribution in [2.45, 2.75) is 44.9 Å². The Bertz CT molecular complexity index is 1650. The number of aromatic nitrogens is 2. The Labute approximate surface area is 244 Å². The lowest BCUT2D eigenvalue weighted by Gasteiger charge is -2.25. The van der Waals surface area contributed by atoms with Crippen molar-refractivity contribution in [2.24, 2.45) is 5.92 Å². The summed E-state index contributed by atoms with van der Waals surface area (Å²) >= 11 is 0. The third-order valence-corrected chi connectivity index (χ3v) is 8.59. The first kappa shape index (κ1) is 26.5. The van der Waals surface area contributed by atoms with E-state index in [0.717, 1.165) is 75.5 Å². The molecule has 0 spiro atoms. The number of nitrogens with one attached hydrogen (secondary N) is 1. The molecular formula is C34H33N3O5. The number of amides is 1. The molecule has 4 aromatic rings. The van der Waals surface area contributed by atoms with Gasteiger partial charge in [-0.15, -0.1) is 0 Å². The van der Waals surface area contributed by atoms with Crippen molar-refractivity contribution in [3.63, 3.8) is 0 Å². The highest BCUT2D eigenvalue weighted by Gasteiger charge is 2.39. The van der Waals surface area contributed by atoms with Crippen molar-refractivity contribution in [2.75, 3.05) is 20.3 Å². The molecule has 1 aromatic heterocycles. The summed E-state index contributed by atoms with van der Waals surface area (Å²) in [6.07, 6.45) is 4.64. The zero-order valence-corrected chi connectivity index (χ0v) is 23.6. The van der Waals surface area contributed by atoms with Gasteiger partial charge in [0.15, 0.2) is 5.78 Å². The Morgan fingerprint density at radius 3 is 2.79 bits per heavy atom. The van der Waals surface area contributed by atoms with E-state index in [-0.39, 0.29) is 30.4 Å². The van der Waals surface area contributed by atoms with Crippen molar-refractivity contribution in [1.82, 2.24) is 14.9 Å². The second-order valence-corrected chi connectivity index (χ2v) is 11.4. The SMILES string of the molecule is COC[C@H]1C[C@@H](c2ncc(-c3ccc4c(c3)COc3cc5c(cc3-4)CCCC5=O)[nH]2)N(C(=O)OCc2ccccc2)C1. The number of hydrogen-bond donors (Lipinski definition) is 1. The highest BCUT2D eigenvalue weighted by molar-refractivity contribution is 6.00. The number of methoxy groups -OCH3 is 1. The summed E-state index contributed by atoms with van der Waals surface area (Å²) in [7, 11) is 1.68. The summed E-state index contributed by atoms with van der Waals surface area (Å²) in [4.78, 5) is 35.6. The fraction of sp³-hybridized carbons (Fsp3) is 0.324. The Hall–Kier alpha value is -4.43. The van der Waals surface area contributed by atoms with Gasteiger partial charge in [-0.1, -0.05) is 42.5 Å². The van der Waals surface area contributed by atoms with Crippen LogP contribution in [0.25, 0.3) is 22.4 Å². The second kappa shape index (κ2) is 11.1. The van der Waals surface area contributed by atoms with Crippen LogP contribution in [0.4, 0.5) is 4.79 Å². The number of aromatic amines is 1. The molecule has 214 valence electrons. The van der Waals surface area contributed by atoms with Crippen LogP contribution in [-0.4, -0.2) is 47.0 Å². The molecular weight excluding hydrogens is 530 g/mol. The van der Waals surface area contributed by atoms with E-state index < -0.39 is 0 Å². The number of hydrogen-bond acceptors (Lipinski definition) is 6. The predicted octanol–water partition coefficient (Wildman–Crippen LogP) is 6.50. The van der Waals surface area contributed by atoms with Crippen LogP contribution in [0.1, 0.15) is 58.2 Å².